The summed E-state index contributed by atoms with van der Waals surface area (Å²) in [5.74, 6) is -0.332. The van der Waals surface area contributed by atoms with Crippen molar-refractivity contribution in [1.29, 1.82) is 0 Å². The highest BCUT2D eigenvalue weighted by molar-refractivity contribution is 7.87. The van der Waals surface area contributed by atoms with Crippen molar-refractivity contribution in [2.45, 2.75) is 11.8 Å². The molecule has 0 fully saturated rings. The Morgan fingerprint density at radius 1 is 0.963 bits per heavy atom. The Labute approximate surface area is 154 Å². The lowest BCUT2D eigenvalue weighted by Crippen LogP contribution is -2.16. The minimum absolute atomic E-state index is 0.0706. The van der Waals surface area contributed by atoms with Crippen molar-refractivity contribution in [3.05, 3.63) is 82.7 Å². The second-order valence-corrected chi connectivity index (χ2v) is 7.46. The molecule has 0 aliphatic carbocycles. The third-order valence-electron chi connectivity index (χ3n) is 3.98. The molecule has 6 nitrogen and oxygen atoms in total. The molecular weight excluding hydrogens is 368 g/mol. The highest BCUT2D eigenvalue weighted by atomic mass is 32.2. The van der Waals surface area contributed by atoms with Gasteiger partial charge in [0, 0.05) is 0 Å². The van der Waals surface area contributed by atoms with Crippen LogP contribution in [-0.4, -0.2) is 8.42 Å². The van der Waals surface area contributed by atoms with Gasteiger partial charge in [0.1, 0.15) is 10.5 Å². The first-order valence-corrected chi connectivity index (χ1v) is 9.47. The molecule has 27 heavy (non-hydrogen) atoms. The summed E-state index contributed by atoms with van der Waals surface area (Å²) in [7, 11) is -4.23. The van der Waals surface area contributed by atoms with Gasteiger partial charge in [-0.2, -0.15) is 8.42 Å². The lowest BCUT2D eigenvalue weighted by Gasteiger charge is -2.10. The number of rotatable bonds is 4. The van der Waals surface area contributed by atoms with Crippen molar-refractivity contribution in [2.24, 2.45) is 0 Å². The standard InChI is InChI=1S/C20H14O6S/c1-13-9-10-15-17(12-13)25-19(16-8-5-11-24-16)20(18(15)21)26-27(22,23)14-6-3-2-4-7-14/h2-12H,1H3. The monoisotopic (exact) mass is 382 g/mol. The molecule has 0 spiro atoms. The maximum atomic E-state index is 13.0. The fourth-order valence-corrected chi connectivity index (χ4v) is 3.63. The van der Waals surface area contributed by atoms with E-state index in [9.17, 15) is 13.2 Å². The molecule has 2 aromatic heterocycles. The summed E-state index contributed by atoms with van der Waals surface area (Å²) >= 11 is 0. The van der Waals surface area contributed by atoms with Crippen LogP contribution in [0.4, 0.5) is 0 Å². The van der Waals surface area contributed by atoms with Crippen LogP contribution < -0.4 is 9.61 Å². The Kier molecular flexibility index (Phi) is 4.08. The summed E-state index contributed by atoms with van der Waals surface area (Å²) in [6.45, 7) is 1.86. The molecule has 0 radical (unpaired) electrons. The zero-order valence-electron chi connectivity index (χ0n) is 14.2. The van der Waals surface area contributed by atoms with E-state index in [0.29, 0.717) is 5.58 Å². The molecule has 4 aromatic rings. The van der Waals surface area contributed by atoms with Crippen molar-refractivity contribution < 1.29 is 21.4 Å². The van der Waals surface area contributed by atoms with Gasteiger partial charge in [0.05, 0.1) is 11.6 Å². The topological polar surface area (TPSA) is 86.7 Å². The zero-order chi connectivity index (χ0) is 19.0. The van der Waals surface area contributed by atoms with Crippen molar-refractivity contribution in [1.82, 2.24) is 0 Å². The van der Waals surface area contributed by atoms with Crippen LogP contribution in [0.1, 0.15) is 5.56 Å². The molecule has 2 heterocycles. The van der Waals surface area contributed by atoms with Crippen molar-refractivity contribution in [3.63, 3.8) is 0 Å². The van der Waals surface area contributed by atoms with Gasteiger partial charge in [0.2, 0.25) is 16.9 Å². The van der Waals surface area contributed by atoms with E-state index in [1.54, 1.807) is 48.5 Å². The van der Waals surface area contributed by atoms with Gasteiger partial charge in [-0.25, -0.2) is 0 Å². The molecular formula is C20H14O6S. The van der Waals surface area contributed by atoms with E-state index in [0.717, 1.165) is 5.56 Å². The summed E-state index contributed by atoms with van der Waals surface area (Å²) in [6, 6.07) is 15.7. The molecule has 0 unspecified atom stereocenters. The van der Waals surface area contributed by atoms with E-state index >= 15 is 0 Å². The van der Waals surface area contributed by atoms with Gasteiger partial charge in [-0.1, -0.05) is 24.3 Å². The minimum Gasteiger partial charge on any atom is -0.461 e. The number of benzene rings is 2. The van der Waals surface area contributed by atoms with E-state index < -0.39 is 21.3 Å². The maximum Gasteiger partial charge on any atom is 0.339 e. The predicted molar refractivity (Wildman–Crippen MR) is 99.2 cm³/mol. The van der Waals surface area contributed by atoms with Gasteiger partial charge in [0.25, 0.3) is 0 Å². The van der Waals surface area contributed by atoms with Crippen molar-refractivity contribution in [2.75, 3.05) is 0 Å². The molecule has 7 heteroatoms. The van der Waals surface area contributed by atoms with E-state index in [-0.39, 0.29) is 21.8 Å². The summed E-state index contributed by atoms with van der Waals surface area (Å²) in [4.78, 5) is 12.9. The third kappa shape index (κ3) is 3.13. The number of aryl methyl sites for hydroxylation is 1. The molecule has 136 valence electrons. The molecule has 4 rings (SSSR count). The number of hydrogen-bond donors (Lipinski definition) is 0. The van der Waals surface area contributed by atoms with Crippen molar-refractivity contribution in [3.8, 4) is 17.3 Å². The van der Waals surface area contributed by atoms with Crippen LogP contribution in [0.25, 0.3) is 22.5 Å². The van der Waals surface area contributed by atoms with Gasteiger partial charge in [-0.15, -0.1) is 0 Å². The van der Waals surface area contributed by atoms with E-state index in [2.05, 4.69) is 0 Å². The highest BCUT2D eigenvalue weighted by Crippen LogP contribution is 2.33. The van der Waals surface area contributed by atoms with Crippen LogP contribution in [0.2, 0.25) is 0 Å². The van der Waals surface area contributed by atoms with Crippen LogP contribution in [-0.2, 0) is 10.1 Å². The highest BCUT2D eigenvalue weighted by Gasteiger charge is 2.26. The quantitative estimate of drug-likeness (QED) is 0.493. The lowest BCUT2D eigenvalue weighted by atomic mass is 10.1. The Hall–Kier alpha value is -3.32. The van der Waals surface area contributed by atoms with Crippen molar-refractivity contribution >= 4 is 21.1 Å². The van der Waals surface area contributed by atoms with Gasteiger partial charge >= 0.3 is 10.1 Å². The normalized spacial score (nSPS) is 11.6. The summed E-state index contributed by atoms with van der Waals surface area (Å²) < 4.78 is 41.6. The van der Waals surface area contributed by atoms with E-state index in [1.165, 1.54) is 18.4 Å². The number of hydrogen-bond acceptors (Lipinski definition) is 6. The first kappa shape index (κ1) is 17.1. The lowest BCUT2D eigenvalue weighted by molar-refractivity contribution is 0.464. The molecule has 0 atom stereocenters. The first-order chi connectivity index (χ1) is 13.0. The number of fused-ring (bicyclic) bond motifs is 1. The van der Waals surface area contributed by atoms with Crippen LogP contribution in [0.15, 0.2) is 85.5 Å². The van der Waals surface area contributed by atoms with Crippen LogP contribution >= 0.6 is 0 Å². The molecule has 0 amide bonds. The number of furan rings is 1. The molecule has 0 saturated carbocycles. The van der Waals surface area contributed by atoms with E-state index in [1.807, 2.05) is 6.92 Å². The third-order valence-corrected chi connectivity index (χ3v) is 5.21. The Bertz CT molecular complexity index is 1270. The average molecular weight is 382 g/mol. The smallest absolute Gasteiger partial charge is 0.339 e. The molecule has 0 aliphatic heterocycles. The predicted octanol–water partition coefficient (Wildman–Crippen LogP) is 4.13. The second kappa shape index (κ2) is 6.44. The van der Waals surface area contributed by atoms with Gasteiger partial charge in [-0.3, -0.25) is 4.79 Å². The minimum atomic E-state index is -4.23. The van der Waals surface area contributed by atoms with Crippen LogP contribution in [0, 0.1) is 6.92 Å². The van der Waals surface area contributed by atoms with Crippen LogP contribution in [0.5, 0.6) is 5.75 Å². The molecule has 0 bridgehead atoms. The second-order valence-electron chi connectivity index (χ2n) is 5.92. The zero-order valence-corrected chi connectivity index (χ0v) is 15.0. The molecule has 0 N–H and O–H groups in total. The fraction of sp³-hybridized carbons (Fsp3) is 0.0500. The summed E-state index contributed by atoms with van der Waals surface area (Å²) in [5.41, 5.74) is 0.611. The Balaban J connectivity index is 1.96. The average Bonchev–Trinajstić information content (AvgIpc) is 3.19. The van der Waals surface area contributed by atoms with Gasteiger partial charge < -0.3 is 13.0 Å². The van der Waals surface area contributed by atoms with E-state index in [4.69, 9.17) is 13.0 Å². The molecule has 0 aliphatic rings. The largest absolute Gasteiger partial charge is 0.461 e. The SMILES string of the molecule is Cc1ccc2c(=O)c(OS(=O)(=O)c3ccccc3)c(-c3ccco3)oc2c1. The molecule has 2 aromatic carbocycles. The van der Waals surface area contributed by atoms with Crippen LogP contribution in [0.3, 0.4) is 0 Å². The van der Waals surface area contributed by atoms with Gasteiger partial charge in [-0.05, 0) is 48.9 Å². The summed E-state index contributed by atoms with van der Waals surface area (Å²) in [5, 5.41) is 0.217. The Morgan fingerprint density at radius 3 is 2.44 bits per heavy atom. The Morgan fingerprint density at radius 2 is 1.74 bits per heavy atom. The first-order valence-electron chi connectivity index (χ1n) is 8.06. The summed E-state index contributed by atoms with van der Waals surface area (Å²) in [6.07, 6.45) is 1.39. The molecule has 0 saturated heterocycles. The fourth-order valence-electron chi connectivity index (χ4n) is 2.67. The van der Waals surface area contributed by atoms with Gasteiger partial charge in [0.15, 0.2) is 5.76 Å². The maximum absolute atomic E-state index is 13.0.